The van der Waals surface area contributed by atoms with Gasteiger partial charge >= 0.3 is 0 Å². The first-order chi connectivity index (χ1) is 14.5. The van der Waals surface area contributed by atoms with Crippen molar-refractivity contribution in [1.82, 2.24) is 4.90 Å². The number of carbonyl (C=O) groups is 1. The molecule has 4 aliphatic rings. The smallest absolute Gasteiger partial charge is 0.222 e. The average Bonchev–Trinajstić information content (AvgIpc) is 3.06. The van der Waals surface area contributed by atoms with Crippen molar-refractivity contribution < 1.29 is 20.1 Å². The van der Waals surface area contributed by atoms with Crippen LogP contribution in [-0.2, 0) is 4.79 Å². The minimum atomic E-state index is -0.354. The van der Waals surface area contributed by atoms with E-state index in [0.717, 1.165) is 51.4 Å². The second kappa shape index (κ2) is 8.29. The summed E-state index contributed by atoms with van der Waals surface area (Å²) in [5, 5.41) is 33.2. The van der Waals surface area contributed by atoms with Crippen LogP contribution in [0.15, 0.2) is 0 Å². The van der Waals surface area contributed by atoms with Gasteiger partial charge in [-0.3, -0.25) is 4.79 Å². The summed E-state index contributed by atoms with van der Waals surface area (Å²) in [7, 11) is 3.63. The first-order valence-corrected chi connectivity index (χ1v) is 12.7. The monoisotopic (exact) mass is 435 g/mol. The highest BCUT2D eigenvalue weighted by Crippen LogP contribution is 2.68. The van der Waals surface area contributed by atoms with Gasteiger partial charge in [-0.15, -0.1) is 0 Å². The van der Waals surface area contributed by atoms with Crippen molar-refractivity contribution in [3.63, 3.8) is 0 Å². The lowest BCUT2D eigenvalue weighted by Gasteiger charge is -2.63. The zero-order chi connectivity index (χ0) is 22.7. The van der Waals surface area contributed by atoms with E-state index in [1.54, 1.807) is 4.90 Å². The Labute approximate surface area is 188 Å². The zero-order valence-electron chi connectivity index (χ0n) is 20.3. The summed E-state index contributed by atoms with van der Waals surface area (Å²) in [5.74, 6) is 2.26. The van der Waals surface area contributed by atoms with Crippen LogP contribution in [0.25, 0.3) is 0 Å². The zero-order valence-corrected chi connectivity index (χ0v) is 20.3. The predicted molar refractivity (Wildman–Crippen MR) is 121 cm³/mol. The van der Waals surface area contributed by atoms with Gasteiger partial charge in [-0.1, -0.05) is 20.8 Å². The van der Waals surface area contributed by atoms with E-state index in [1.807, 2.05) is 14.1 Å². The minimum absolute atomic E-state index is 0.118. The Bertz CT molecular complexity index is 682. The largest absolute Gasteiger partial charge is 0.393 e. The van der Waals surface area contributed by atoms with Gasteiger partial charge < -0.3 is 20.2 Å². The van der Waals surface area contributed by atoms with Crippen LogP contribution >= 0.6 is 0 Å². The molecule has 11 atom stereocenters. The molecule has 0 aromatic carbocycles. The Kier molecular flexibility index (Phi) is 6.28. The molecule has 0 bridgehead atoms. The maximum absolute atomic E-state index is 12.1. The summed E-state index contributed by atoms with van der Waals surface area (Å²) in [5.41, 5.74) is -0.0621. The average molecular weight is 436 g/mol. The molecule has 0 spiro atoms. The summed E-state index contributed by atoms with van der Waals surface area (Å²) in [4.78, 5) is 13.8. The fourth-order valence-electron chi connectivity index (χ4n) is 8.91. The number of nitrogens with zero attached hydrogens (tertiary/aromatic N) is 1. The summed E-state index contributed by atoms with van der Waals surface area (Å²) >= 11 is 0. The van der Waals surface area contributed by atoms with Crippen LogP contribution in [0.1, 0.15) is 78.6 Å². The summed E-state index contributed by atoms with van der Waals surface area (Å²) < 4.78 is 0. The van der Waals surface area contributed by atoms with Gasteiger partial charge in [0.2, 0.25) is 5.91 Å². The molecule has 5 heteroatoms. The van der Waals surface area contributed by atoms with Gasteiger partial charge in [0.1, 0.15) is 0 Å². The van der Waals surface area contributed by atoms with Crippen molar-refractivity contribution in [2.24, 2.45) is 46.3 Å². The van der Waals surface area contributed by atoms with Gasteiger partial charge in [-0.2, -0.15) is 0 Å². The molecule has 0 heterocycles. The van der Waals surface area contributed by atoms with Gasteiger partial charge in [-0.05, 0) is 97.7 Å². The molecule has 4 rings (SSSR count). The normalized spacial score (nSPS) is 50.2. The third kappa shape index (κ3) is 3.67. The number of fused-ring (bicyclic) bond motifs is 5. The molecule has 3 N–H and O–H groups in total. The molecule has 0 unspecified atom stereocenters. The number of hydrogen-bond donors (Lipinski definition) is 3. The second-order valence-electron chi connectivity index (χ2n) is 12.3. The van der Waals surface area contributed by atoms with Gasteiger partial charge in [0.15, 0.2) is 0 Å². The number of aliphatic hydroxyl groups is 3. The molecule has 5 nitrogen and oxygen atoms in total. The summed E-state index contributed by atoms with van der Waals surface area (Å²) in [6.45, 7) is 6.92. The van der Waals surface area contributed by atoms with Crippen LogP contribution in [0, 0.1) is 46.3 Å². The molecular weight excluding hydrogens is 390 g/mol. The highest BCUT2D eigenvalue weighted by atomic mass is 16.3. The maximum Gasteiger partial charge on any atom is 0.222 e. The van der Waals surface area contributed by atoms with E-state index in [9.17, 15) is 20.1 Å². The molecule has 0 aromatic heterocycles. The van der Waals surface area contributed by atoms with Crippen LogP contribution in [0.2, 0.25) is 0 Å². The number of hydrogen-bond acceptors (Lipinski definition) is 4. The predicted octanol–water partition coefficient (Wildman–Crippen LogP) is 3.45. The lowest BCUT2D eigenvalue weighted by atomic mass is 9.43. The molecule has 4 aliphatic carbocycles. The van der Waals surface area contributed by atoms with Crippen molar-refractivity contribution >= 4 is 5.91 Å². The van der Waals surface area contributed by atoms with Gasteiger partial charge in [0.25, 0.3) is 0 Å². The molecule has 0 aromatic rings. The SMILES string of the molecule is C[C@H](CCC(=O)N(C)C)[C@H]1CC[C@H]2[C@@H]3[C@H](O)C[C@@H]4C[C@H](O)CC[C@]4(C)[C@H]3C[C@H](O)[C@]12C. The van der Waals surface area contributed by atoms with Crippen molar-refractivity contribution in [2.75, 3.05) is 14.1 Å². The highest BCUT2D eigenvalue weighted by molar-refractivity contribution is 5.75. The molecule has 4 fully saturated rings. The van der Waals surface area contributed by atoms with E-state index < -0.39 is 0 Å². The molecule has 0 aliphatic heterocycles. The fourth-order valence-corrected chi connectivity index (χ4v) is 8.91. The Morgan fingerprint density at radius 1 is 1.03 bits per heavy atom. The molecule has 31 heavy (non-hydrogen) atoms. The summed E-state index contributed by atoms with van der Waals surface area (Å²) in [6.07, 6.45) is 6.92. The fraction of sp³-hybridized carbons (Fsp3) is 0.962. The lowest BCUT2D eigenvalue weighted by Crippen LogP contribution is -2.62. The van der Waals surface area contributed by atoms with Crippen molar-refractivity contribution in [2.45, 2.75) is 96.9 Å². The van der Waals surface area contributed by atoms with E-state index in [-0.39, 0.29) is 41.0 Å². The lowest BCUT2D eigenvalue weighted by molar-refractivity contribution is -0.207. The topological polar surface area (TPSA) is 81.0 Å². The maximum atomic E-state index is 12.1. The highest BCUT2D eigenvalue weighted by Gasteiger charge is 2.65. The first kappa shape index (κ1) is 23.5. The van der Waals surface area contributed by atoms with Crippen molar-refractivity contribution in [3.05, 3.63) is 0 Å². The molecule has 1 amide bonds. The first-order valence-electron chi connectivity index (χ1n) is 12.7. The van der Waals surface area contributed by atoms with Crippen LogP contribution in [-0.4, -0.2) is 58.5 Å². The van der Waals surface area contributed by atoms with E-state index >= 15 is 0 Å². The third-order valence-electron chi connectivity index (χ3n) is 10.8. The van der Waals surface area contributed by atoms with E-state index in [1.165, 1.54) is 0 Å². The van der Waals surface area contributed by atoms with Crippen LogP contribution < -0.4 is 0 Å². The van der Waals surface area contributed by atoms with Crippen molar-refractivity contribution in [3.8, 4) is 0 Å². The minimum Gasteiger partial charge on any atom is -0.393 e. The van der Waals surface area contributed by atoms with Gasteiger partial charge in [-0.25, -0.2) is 0 Å². The Balaban J connectivity index is 1.56. The van der Waals surface area contributed by atoms with E-state index in [2.05, 4.69) is 20.8 Å². The van der Waals surface area contributed by atoms with Crippen molar-refractivity contribution in [1.29, 1.82) is 0 Å². The molecule has 178 valence electrons. The standard InChI is InChI=1S/C26H45NO4/c1-15(6-9-23(31)27(4)5)18-7-8-19-24-20(14-22(30)26(18,19)3)25(2)11-10-17(28)12-16(25)13-21(24)29/h15-22,24,28-30H,6-14H2,1-5H3/t15-,16+,17-,18-,19+,20+,21-,22+,24+,25+,26-/m1/s1. The second-order valence-corrected chi connectivity index (χ2v) is 12.3. The quantitative estimate of drug-likeness (QED) is 0.632. The molecule has 0 radical (unpaired) electrons. The number of amides is 1. The van der Waals surface area contributed by atoms with E-state index in [0.29, 0.717) is 36.0 Å². The number of carbonyl (C=O) groups excluding carboxylic acids is 1. The van der Waals surface area contributed by atoms with Gasteiger partial charge in [0.05, 0.1) is 18.3 Å². The van der Waals surface area contributed by atoms with Gasteiger partial charge in [0, 0.05) is 20.5 Å². The Morgan fingerprint density at radius 3 is 2.42 bits per heavy atom. The molecule has 4 saturated carbocycles. The Hall–Kier alpha value is -0.650. The molecular formula is C26H45NO4. The van der Waals surface area contributed by atoms with Crippen LogP contribution in [0.4, 0.5) is 0 Å². The van der Waals surface area contributed by atoms with Crippen LogP contribution in [0.3, 0.4) is 0 Å². The number of rotatable bonds is 4. The third-order valence-corrected chi connectivity index (χ3v) is 10.8. The Morgan fingerprint density at radius 2 is 1.74 bits per heavy atom. The number of aliphatic hydroxyl groups excluding tert-OH is 3. The molecule has 0 saturated heterocycles. The van der Waals surface area contributed by atoms with E-state index in [4.69, 9.17) is 0 Å². The van der Waals surface area contributed by atoms with Crippen LogP contribution in [0.5, 0.6) is 0 Å². The summed E-state index contributed by atoms with van der Waals surface area (Å²) in [6, 6.07) is 0.